The maximum atomic E-state index is 12.4. The van der Waals surface area contributed by atoms with Gasteiger partial charge in [0.15, 0.2) is 0 Å². The number of hydrogen-bond acceptors (Lipinski definition) is 3. The lowest BCUT2D eigenvalue weighted by Crippen LogP contribution is -2.56. The second-order valence-corrected chi connectivity index (χ2v) is 6.11. The zero-order valence-electron chi connectivity index (χ0n) is 11.5. The molecule has 0 bridgehead atoms. The predicted octanol–water partition coefficient (Wildman–Crippen LogP) is 1.56. The maximum Gasteiger partial charge on any atom is 0.227 e. The van der Waals surface area contributed by atoms with Crippen LogP contribution in [0.3, 0.4) is 0 Å². The van der Waals surface area contributed by atoms with Gasteiger partial charge in [0.1, 0.15) is 0 Å². The first-order valence-electron chi connectivity index (χ1n) is 6.61. The van der Waals surface area contributed by atoms with Gasteiger partial charge in [-0.25, -0.2) is 0 Å². The molecule has 1 saturated carbocycles. The molecule has 0 spiro atoms. The summed E-state index contributed by atoms with van der Waals surface area (Å²) < 4.78 is 5.82. The van der Waals surface area contributed by atoms with Gasteiger partial charge in [-0.05, 0) is 33.6 Å². The minimum atomic E-state index is -0.240. The highest BCUT2D eigenvalue weighted by Crippen LogP contribution is 2.28. The lowest BCUT2D eigenvalue weighted by Gasteiger charge is -2.42. The second-order valence-electron chi connectivity index (χ2n) is 6.11. The number of morpholine rings is 1. The molecule has 0 aromatic carbocycles. The van der Waals surface area contributed by atoms with Crippen molar-refractivity contribution in [3.8, 4) is 0 Å². The van der Waals surface area contributed by atoms with E-state index >= 15 is 0 Å². The molecular weight excluding hydrogens is 252 g/mol. The number of ether oxygens (including phenoxy) is 1. The molecule has 1 saturated heterocycles. The van der Waals surface area contributed by atoms with Gasteiger partial charge in [-0.2, -0.15) is 0 Å². The van der Waals surface area contributed by atoms with E-state index in [0.717, 1.165) is 19.3 Å². The molecule has 106 valence electrons. The SMILES string of the molecule is CC1CN(C(=O)C2CCCC2N)CC(C)(C)O1.Cl. The monoisotopic (exact) mass is 276 g/mol. The van der Waals surface area contributed by atoms with Crippen molar-refractivity contribution in [2.24, 2.45) is 11.7 Å². The van der Waals surface area contributed by atoms with Crippen LogP contribution in [0.5, 0.6) is 0 Å². The third kappa shape index (κ3) is 3.37. The Balaban J connectivity index is 0.00000162. The maximum absolute atomic E-state index is 12.4. The summed E-state index contributed by atoms with van der Waals surface area (Å²) in [6.45, 7) is 7.48. The number of hydrogen-bond donors (Lipinski definition) is 1. The molecule has 0 aromatic rings. The summed E-state index contributed by atoms with van der Waals surface area (Å²) in [5.74, 6) is 0.273. The highest BCUT2D eigenvalue weighted by atomic mass is 35.5. The number of carbonyl (C=O) groups excluding carboxylic acids is 1. The molecule has 1 aliphatic heterocycles. The van der Waals surface area contributed by atoms with Crippen molar-refractivity contribution in [1.29, 1.82) is 0 Å². The zero-order chi connectivity index (χ0) is 12.6. The van der Waals surface area contributed by atoms with Crippen LogP contribution in [0, 0.1) is 5.92 Å². The fourth-order valence-electron chi connectivity index (χ4n) is 3.15. The van der Waals surface area contributed by atoms with Crippen LogP contribution in [0.15, 0.2) is 0 Å². The smallest absolute Gasteiger partial charge is 0.227 e. The van der Waals surface area contributed by atoms with Gasteiger partial charge in [0, 0.05) is 19.1 Å². The molecule has 1 aliphatic carbocycles. The molecule has 4 nitrogen and oxygen atoms in total. The Labute approximate surface area is 116 Å². The fourth-order valence-corrected chi connectivity index (χ4v) is 3.15. The average Bonchev–Trinajstić information content (AvgIpc) is 2.60. The summed E-state index contributed by atoms with van der Waals surface area (Å²) in [5, 5.41) is 0. The summed E-state index contributed by atoms with van der Waals surface area (Å²) in [4.78, 5) is 14.4. The van der Waals surface area contributed by atoms with Gasteiger partial charge in [-0.15, -0.1) is 12.4 Å². The number of nitrogens with two attached hydrogens (primary N) is 1. The molecule has 3 unspecified atom stereocenters. The molecule has 2 rings (SSSR count). The van der Waals surface area contributed by atoms with E-state index < -0.39 is 0 Å². The lowest BCUT2D eigenvalue weighted by atomic mass is 9.99. The molecule has 3 atom stereocenters. The third-order valence-electron chi connectivity index (χ3n) is 3.77. The van der Waals surface area contributed by atoms with E-state index in [1.54, 1.807) is 0 Å². The zero-order valence-corrected chi connectivity index (χ0v) is 12.3. The first kappa shape index (κ1) is 15.7. The van der Waals surface area contributed by atoms with Crippen LogP contribution >= 0.6 is 12.4 Å². The molecule has 18 heavy (non-hydrogen) atoms. The summed E-state index contributed by atoms with van der Waals surface area (Å²) in [7, 11) is 0. The molecule has 1 heterocycles. The van der Waals surface area contributed by atoms with Gasteiger partial charge in [-0.1, -0.05) is 6.42 Å². The van der Waals surface area contributed by atoms with Crippen LogP contribution < -0.4 is 5.73 Å². The molecule has 2 fully saturated rings. The highest BCUT2D eigenvalue weighted by Gasteiger charge is 2.39. The Morgan fingerprint density at radius 3 is 2.56 bits per heavy atom. The van der Waals surface area contributed by atoms with Gasteiger partial charge in [-0.3, -0.25) is 4.79 Å². The van der Waals surface area contributed by atoms with Gasteiger partial charge in [0.25, 0.3) is 0 Å². The van der Waals surface area contributed by atoms with E-state index in [0.29, 0.717) is 13.1 Å². The number of halogens is 1. The number of nitrogens with zero attached hydrogens (tertiary/aromatic N) is 1. The quantitative estimate of drug-likeness (QED) is 0.791. The van der Waals surface area contributed by atoms with Crippen molar-refractivity contribution >= 4 is 18.3 Å². The Kier molecular flexibility index (Phi) is 5.04. The second kappa shape index (κ2) is 5.76. The molecule has 1 amide bonds. The van der Waals surface area contributed by atoms with Crippen LogP contribution in [-0.2, 0) is 9.53 Å². The van der Waals surface area contributed by atoms with E-state index in [4.69, 9.17) is 10.5 Å². The van der Waals surface area contributed by atoms with E-state index in [-0.39, 0.29) is 42.0 Å². The normalized spacial score (nSPS) is 35.1. The van der Waals surface area contributed by atoms with Gasteiger partial charge in [0.2, 0.25) is 5.91 Å². The van der Waals surface area contributed by atoms with Crippen molar-refractivity contribution in [2.75, 3.05) is 13.1 Å². The third-order valence-corrected chi connectivity index (χ3v) is 3.77. The van der Waals surface area contributed by atoms with Gasteiger partial charge in [0.05, 0.1) is 17.6 Å². The van der Waals surface area contributed by atoms with E-state index in [1.807, 2.05) is 25.7 Å². The average molecular weight is 277 g/mol. The van der Waals surface area contributed by atoms with E-state index in [9.17, 15) is 4.79 Å². The predicted molar refractivity (Wildman–Crippen MR) is 73.8 cm³/mol. The van der Waals surface area contributed by atoms with Crippen LogP contribution in [0.4, 0.5) is 0 Å². The van der Waals surface area contributed by atoms with Crippen molar-refractivity contribution < 1.29 is 9.53 Å². The van der Waals surface area contributed by atoms with E-state index in [2.05, 4.69) is 0 Å². The largest absolute Gasteiger partial charge is 0.369 e. The van der Waals surface area contributed by atoms with Crippen LogP contribution in [0.25, 0.3) is 0 Å². The first-order valence-corrected chi connectivity index (χ1v) is 6.61. The Hall–Kier alpha value is -0.320. The summed E-state index contributed by atoms with van der Waals surface area (Å²) >= 11 is 0. The summed E-state index contributed by atoms with van der Waals surface area (Å²) in [6.07, 6.45) is 3.13. The van der Waals surface area contributed by atoms with Crippen molar-refractivity contribution in [3.63, 3.8) is 0 Å². The Morgan fingerprint density at radius 1 is 1.39 bits per heavy atom. The van der Waals surface area contributed by atoms with E-state index in [1.165, 1.54) is 0 Å². The molecular formula is C13H25ClN2O2. The minimum Gasteiger partial charge on any atom is -0.369 e. The molecule has 2 aliphatic rings. The molecule has 0 aromatic heterocycles. The van der Waals surface area contributed by atoms with Crippen molar-refractivity contribution in [3.05, 3.63) is 0 Å². The standard InChI is InChI=1S/C13H24N2O2.ClH/c1-9-7-15(8-13(2,3)17-9)12(16)10-5-4-6-11(10)14;/h9-11H,4-8,14H2,1-3H3;1H. The molecule has 0 radical (unpaired) electrons. The van der Waals surface area contributed by atoms with Gasteiger partial charge < -0.3 is 15.4 Å². The van der Waals surface area contributed by atoms with Crippen LogP contribution in [-0.4, -0.2) is 41.6 Å². The first-order chi connectivity index (χ1) is 7.89. The topological polar surface area (TPSA) is 55.6 Å². The van der Waals surface area contributed by atoms with Crippen molar-refractivity contribution in [1.82, 2.24) is 4.90 Å². The fraction of sp³-hybridized carbons (Fsp3) is 0.923. The van der Waals surface area contributed by atoms with Gasteiger partial charge >= 0.3 is 0 Å². The molecule has 5 heteroatoms. The number of amides is 1. The number of rotatable bonds is 1. The Bertz CT molecular complexity index is 309. The lowest BCUT2D eigenvalue weighted by molar-refractivity contribution is -0.161. The summed E-state index contributed by atoms with van der Waals surface area (Å²) in [5.41, 5.74) is 5.77. The molecule has 2 N–H and O–H groups in total. The van der Waals surface area contributed by atoms with Crippen LogP contribution in [0.2, 0.25) is 0 Å². The summed E-state index contributed by atoms with van der Waals surface area (Å²) in [6, 6.07) is 0.0590. The van der Waals surface area contributed by atoms with Crippen molar-refractivity contribution in [2.45, 2.75) is 57.8 Å². The number of carbonyl (C=O) groups is 1. The van der Waals surface area contributed by atoms with Crippen LogP contribution in [0.1, 0.15) is 40.0 Å². The Morgan fingerprint density at radius 2 is 2.06 bits per heavy atom. The minimum absolute atomic E-state index is 0. The highest BCUT2D eigenvalue weighted by molar-refractivity contribution is 5.85.